The molecule has 0 aliphatic heterocycles. The van der Waals surface area contributed by atoms with Crippen LogP contribution in [-0.2, 0) is 10.0 Å². The van der Waals surface area contributed by atoms with Gasteiger partial charge in [0, 0.05) is 14.9 Å². The topological polar surface area (TPSA) is 46.2 Å². The first-order valence-corrected chi connectivity index (χ1v) is 9.37. The number of hydrogen-bond acceptors (Lipinski definition) is 3. The van der Waals surface area contributed by atoms with E-state index in [2.05, 4.69) is 20.7 Å². The van der Waals surface area contributed by atoms with Gasteiger partial charge in [-0.1, -0.05) is 15.9 Å². The second kappa shape index (κ2) is 5.44. The largest absolute Gasteiger partial charge is 0.280 e. The lowest BCUT2D eigenvalue weighted by Crippen LogP contribution is -2.13. The molecule has 3 rings (SSSR count). The average molecular weight is 382 g/mol. The molecule has 0 aliphatic carbocycles. The highest BCUT2D eigenvalue weighted by Crippen LogP contribution is 2.26. The number of halogens is 1. The summed E-state index contributed by atoms with van der Waals surface area (Å²) in [5.74, 6) is 0. The van der Waals surface area contributed by atoms with E-state index in [-0.39, 0.29) is 4.90 Å². The van der Waals surface area contributed by atoms with Crippen molar-refractivity contribution in [1.82, 2.24) is 0 Å². The number of fused-ring (bicyclic) bond motifs is 1. The highest BCUT2D eigenvalue weighted by Gasteiger charge is 2.15. The molecule has 1 N–H and O–H groups in total. The molecule has 0 unspecified atom stereocenters. The van der Waals surface area contributed by atoms with E-state index in [1.54, 1.807) is 35.6 Å². The van der Waals surface area contributed by atoms with Gasteiger partial charge >= 0.3 is 0 Å². The second-order valence-electron chi connectivity index (χ2n) is 4.69. The van der Waals surface area contributed by atoms with Gasteiger partial charge in [0.15, 0.2) is 0 Å². The molecule has 0 spiro atoms. The quantitative estimate of drug-likeness (QED) is 0.709. The maximum atomic E-state index is 12.4. The Kier molecular flexibility index (Phi) is 3.77. The first-order chi connectivity index (χ1) is 9.95. The van der Waals surface area contributed by atoms with Crippen LogP contribution in [0.1, 0.15) is 5.56 Å². The van der Waals surface area contributed by atoms with Crippen molar-refractivity contribution in [3.8, 4) is 0 Å². The molecular formula is C15H12BrNO2S2. The van der Waals surface area contributed by atoms with E-state index in [1.165, 1.54) is 0 Å². The number of thiophene rings is 1. The van der Waals surface area contributed by atoms with Crippen LogP contribution in [-0.4, -0.2) is 8.42 Å². The molecule has 0 aliphatic rings. The van der Waals surface area contributed by atoms with Gasteiger partial charge < -0.3 is 0 Å². The Bertz CT molecular complexity index is 916. The van der Waals surface area contributed by atoms with Crippen LogP contribution in [0.2, 0.25) is 0 Å². The Morgan fingerprint density at radius 1 is 1.10 bits per heavy atom. The summed E-state index contributed by atoms with van der Waals surface area (Å²) in [6.07, 6.45) is 0. The van der Waals surface area contributed by atoms with Gasteiger partial charge in [0.25, 0.3) is 10.0 Å². The lowest BCUT2D eigenvalue weighted by atomic mass is 10.2. The number of aryl methyl sites for hydroxylation is 1. The Morgan fingerprint density at radius 3 is 2.67 bits per heavy atom. The first kappa shape index (κ1) is 14.6. The zero-order valence-corrected chi connectivity index (χ0v) is 14.3. The van der Waals surface area contributed by atoms with Crippen LogP contribution in [0.15, 0.2) is 57.2 Å². The number of hydrogen-bond donors (Lipinski definition) is 1. The van der Waals surface area contributed by atoms with Crippen LogP contribution in [0.5, 0.6) is 0 Å². The number of rotatable bonds is 3. The summed E-state index contributed by atoms with van der Waals surface area (Å²) < 4.78 is 29.5. The van der Waals surface area contributed by atoms with Crippen LogP contribution in [0.25, 0.3) is 10.1 Å². The summed E-state index contributed by atoms with van der Waals surface area (Å²) in [5, 5.41) is 3.02. The lowest BCUT2D eigenvalue weighted by Gasteiger charge is -2.09. The molecule has 0 saturated heterocycles. The molecule has 2 aromatic carbocycles. The highest BCUT2D eigenvalue weighted by atomic mass is 79.9. The molecular weight excluding hydrogens is 370 g/mol. The second-order valence-corrected chi connectivity index (χ2v) is 8.17. The van der Waals surface area contributed by atoms with Crippen molar-refractivity contribution in [3.63, 3.8) is 0 Å². The summed E-state index contributed by atoms with van der Waals surface area (Å²) >= 11 is 5.00. The SMILES string of the molecule is Cc1cc(S(=O)(=O)Nc2ccc3sccc3c2)ccc1Br. The van der Waals surface area contributed by atoms with E-state index < -0.39 is 10.0 Å². The Balaban J connectivity index is 1.96. The van der Waals surface area contributed by atoms with Crippen molar-refractivity contribution in [2.45, 2.75) is 11.8 Å². The molecule has 0 atom stereocenters. The summed E-state index contributed by atoms with van der Waals surface area (Å²) in [4.78, 5) is 0.258. The third kappa shape index (κ3) is 2.97. The van der Waals surface area contributed by atoms with Gasteiger partial charge in [0.1, 0.15) is 0 Å². The summed E-state index contributed by atoms with van der Waals surface area (Å²) in [6.45, 7) is 1.86. The first-order valence-electron chi connectivity index (χ1n) is 6.22. The average Bonchev–Trinajstić information content (AvgIpc) is 2.88. The summed E-state index contributed by atoms with van der Waals surface area (Å²) in [5.41, 5.74) is 1.45. The molecule has 1 aromatic heterocycles. The Labute approximate surface area is 135 Å². The van der Waals surface area contributed by atoms with Crippen molar-refractivity contribution >= 4 is 53.1 Å². The molecule has 0 bridgehead atoms. The van der Waals surface area contributed by atoms with Gasteiger partial charge in [0.05, 0.1) is 4.90 Å². The van der Waals surface area contributed by atoms with Crippen molar-refractivity contribution in [2.24, 2.45) is 0 Å². The highest BCUT2D eigenvalue weighted by molar-refractivity contribution is 9.10. The van der Waals surface area contributed by atoms with Gasteiger partial charge in [-0.3, -0.25) is 4.72 Å². The fourth-order valence-corrected chi connectivity index (χ4v) is 4.18. The Hall–Kier alpha value is -1.37. The minimum atomic E-state index is -3.57. The maximum absolute atomic E-state index is 12.4. The molecule has 0 saturated carbocycles. The molecule has 1 heterocycles. The molecule has 6 heteroatoms. The van der Waals surface area contributed by atoms with E-state index in [0.717, 1.165) is 20.1 Å². The van der Waals surface area contributed by atoms with E-state index in [9.17, 15) is 8.42 Å². The van der Waals surface area contributed by atoms with E-state index >= 15 is 0 Å². The van der Waals surface area contributed by atoms with E-state index in [4.69, 9.17) is 0 Å². The molecule has 0 amide bonds. The monoisotopic (exact) mass is 381 g/mol. The Morgan fingerprint density at radius 2 is 1.90 bits per heavy atom. The summed E-state index contributed by atoms with van der Waals surface area (Å²) in [7, 11) is -3.57. The molecule has 0 fully saturated rings. The van der Waals surface area contributed by atoms with Crippen LogP contribution < -0.4 is 4.72 Å². The minimum absolute atomic E-state index is 0.258. The third-order valence-corrected chi connectivity index (χ3v) is 6.31. The molecule has 21 heavy (non-hydrogen) atoms. The van der Waals surface area contributed by atoms with Gasteiger partial charge in [-0.05, 0) is 65.7 Å². The van der Waals surface area contributed by atoms with Crippen LogP contribution in [0.3, 0.4) is 0 Å². The van der Waals surface area contributed by atoms with E-state index in [1.807, 2.05) is 30.5 Å². The number of nitrogens with one attached hydrogen (secondary N) is 1. The smallest absolute Gasteiger partial charge is 0.261 e. The van der Waals surface area contributed by atoms with Crippen molar-refractivity contribution in [1.29, 1.82) is 0 Å². The van der Waals surface area contributed by atoms with Crippen LogP contribution in [0.4, 0.5) is 5.69 Å². The predicted molar refractivity (Wildman–Crippen MR) is 91.5 cm³/mol. The van der Waals surface area contributed by atoms with E-state index in [0.29, 0.717) is 5.69 Å². The standard InChI is InChI=1S/C15H12BrNO2S2/c1-10-8-13(3-4-14(10)16)21(18,19)17-12-2-5-15-11(9-12)6-7-20-15/h2-9,17H,1H3. The predicted octanol–water partition coefficient (Wildman–Crippen LogP) is 4.77. The van der Waals surface area contributed by atoms with Crippen molar-refractivity contribution in [3.05, 3.63) is 57.9 Å². The fourth-order valence-electron chi connectivity index (χ4n) is 2.03. The van der Waals surface area contributed by atoms with Gasteiger partial charge in [-0.15, -0.1) is 11.3 Å². The zero-order valence-electron chi connectivity index (χ0n) is 11.1. The van der Waals surface area contributed by atoms with Gasteiger partial charge in [-0.2, -0.15) is 0 Å². The number of anilines is 1. The minimum Gasteiger partial charge on any atom is -0.280 e. The fraction of sp³-hybridized carbons (Fsp3) is 0.0667. The maximum Gasteiger partial charge on any atom is 0.261 e. The zero-order chi connectivity index (χ0) is 15.0. The normalized spacial score (nSPS) is 11.7. The summed E-state index contributed by atoms with van der Waals surface area (Å²) in [6, 6.07) is 12.5. The van der Waals surface area contributed by atoms with Crippen molar-refractivity contribution < 1.29 is 8.42 Å². The van der Waals surface area contributed by atoms with Gasteiger partial charge in [0.2, 0.25) is 0 Å². The van der Waals surface area contributed by atoms with Gasteiger partial charge in [-0.25, -0.2) is 8.42 Å². The molecule has 108 valence electrons. The molecule has 3 aromatic rings. The number of benzene rings is 2. The lowest BCUT2D eigenvalue weighted by molar-refractivity contribution is 0.601. The third-order valence-electron chi connectivity index (χ3n) is 3.14. The van der Waals surface area contributed by atoms with Crippen LogP contribution in [0, 0.1) is 6.92 Å². The van der Waals surface area contributed by atoms with Crippen molar-refractivity contribution in [2.75, 3.05) is 4.72 Å². The van der Waals surface area contributed by atoms with Crippen LogP contribution >= 0.6 is 27.3 Å². The number of sulfonamides is 1. The molecule has 3 nitrogen and oxygen atoms in total. The molecule has 0 radical (unpaired) electrons.